The molecule has 0 radical (unpaired) electrons. The summed E-state index contributed by atoms with van der Waals surface area (Å²) >= 11 is 1.89. The molecule has 1 atom stereocenters. The lowest BCUT2D eigenvalue weighted by atomic mass is 9.73. The van der Waals surface area contributed by atoms with Crippen molar-refractivity contribution in [1.82, 2.24) is 10.2 Å². The van der Waals surface area contributed by atoms with Crippen molar-refractivity contribution in [2.45, 2.75) is 51.5 Å². The quantitative estimate of drug-likeness (QED) is 0.823. The molecule has 114 valence electrons. The summed E-state index contributed by atoms with van der Waals surface area (Å²) in [5.74, 6) is 0. The average Bonchev–Trinajstić information content (AvgIpc) is 2.92. The summed E-state index contributed by atoms with van der Waals surface area (Å²) in [5.41, 5.74) is 0.505. The van der Waals surface area contributed by atoms with Gasteiger partial charge in [0.2, 0.25) is 0 Å². The molecule has 20 heavy (non-hydrogen) atoms. The lowest BCUT2D eigenvalue weighted by Crippen LogP contribution is -2.46. The van der Waals surface area contributed by atoms with Gasteiger partial charge in [0.25, 0.3) is 0 Å². The second-order valence-corrected chi connectivity index (χ2v) is 7.67. The zero-order valence-electron chi connectivity index (χ0n) is 13.3. The van der Waals surface area contributed by atoms with Crippen LogP contribution in [0.25, 0.3) is 0 Å². The molecule has 0 aromatic carbocycles. The molecule has 0 spiro atoms. The fourth-order valence-corrected chi connectivity index (χ4v) is 4.45. The first-order chi connectivity index (χ1) is 9.65. The van der Waals surface area contributed by atoms with E-state index in [9.17, 15) is 0 Å². The SMILES string of the molecule is CNCC1(CN(C)C(C)Cc2cccs2)CCCCC1. The Bertz CT molecular complexity index is 363. The van der Waals surface area contributed by atoms with Crippen LogP contribution in [0.3, 0.4) is 0 Å². The third kappa shape index (κ3) is 4.31. The van der Waals surface area contributed by atoms with Crippen LogP contribution in [0.5, 0.6) is 0 Å². The van der Waals surface area contributed by atoms with Gasteiger partial charge in [-0.05, 0) is 57.1 Å². The number of hydrogen-bond acceptors (Lipinski definition) is 3. The van der Waals surface area contributed by atoms with Crippen LogP contribution in [-0.4, -0.2) is 38.1 Å². The largest absolute Gasteiger partial charge is 0.319 e. The molecule has 0 saturated heterocycles. The molecule has 1 aromatic heterocycles. The summed E-state index contributed by atoms with van der Waals surface area (Å²) in [6.07, 6.45) is 8.22. The van der Waals surface area contributed by atoms with E-state index in [2.05, 4.69) is 48.7 Å². The van der Waals surface area contributed by atoms with Crippen molar-refractivity contribution in [1.29, 1.82) is 0 Å². The standard InChI is InChI=1S/C17H30N2S/c1-15(12-16-8-7-11-20-16)19(3)14-17(13-18-2)9-5-4-6-10-17/h7-8,11,15,18H,4-6,9-10,12-14H2,1-3H3. The highest BCUT2D eigenvalue weighted by Gasteiger charge is 2.33. The molecule has 0 amide bonds. The topological polar surface area (TPSA) is 15.3 Å². The predicted molar refractivity (Wildman–Crippen MR) is 89.6 cm³/mol. The molecule has 1 unspecified atom stereocenters. The lowest BCUT2D eigenvalue weighted by molar-refractivity contribution is 0.0990. The maximum atomic E-state index is 3.44. The van der Waals surface area contributed by atoms with E-state index in [0.29, 0.717) is 11.5 Å². The van der Waals surface area contributed by atoms with Gasteiger partial charge in [-0.15, -0.1) is 11.3 Å². The number of likely N-dealkylation sites (N-methyl/N-ethyl adjacent to an activating group) is 1. The zero-order valence-corrected chi connectivity index (χ0v) is 14.1. The summed E-state index contributed by atoms with van der Waals surface area (Å²) < 4.78 is 0. The Morgan fingerprint density at radius 3 is 2.70 bits per heavy atom. The first-order valence-corrected chi connectivity index (χ1v) is 8.90. The summed E-state index contributed by atoms with van der Waals surface area (Å²) in [4.78, 5) is 4.10. The molecule has 1 aromatic rings. The van der Waals surface area contributed by atoms with Gasteiger partial charge >= 0.3 is 0 Å². The molecule has 1 fully saturated rings. The number of hydrogen-bond donors (Lipinski definition) is 1. The van der Waals surface area contributed by atoms with Crippen molar-refractivity contribution < 1.29 is 0 Å². The summed E-state index contributed by atoms with van der Waals surface area (Å²) in [6, 6.07) is 5.05. The van der Waals surface area contributed by atoms with E-state index in [4.69, 9.17) is 0 Å². The van der Waals surface area contributed by atoms with Crippen LogP contribution in [0.1, 0.15) is 43.9 Å². The fraction of sp³-hybridized carbons (Fsp3) is 0.765. The van der Waals surface area contributed by atoms with Crippen LogP contribution in [0, 0.1) is 5.41 Å². The summed E-state index contributed by atoms with van der Waals surface area (Å²) in [7, 11) is 4.41. The van der Waals surface area contributed by atoms with E-state index in [1.54, 1.807) is 0 Å². The van der Waals surface area contributed by atoms with Crippen LogP contribution in [0.15, 0.2) is 17.5 Å². The monoisotopic (exact) mass is 294 g/mol. The number of nitrogens with zero attached hydrogens (tertiary/aromatic N) is 1. The van der Waals surface area contributed by atoms with Gasteiger partial charge in [-0.1, -0.05) is 25.3 Å². The maximum Gasteiger partial charge on any atom is 0.0112 e. The van der Waals surface area contributed by atoms with Crippen molar-refractivity contribution >= 4 is 11.3 Å². The Kier molecular flexibility index (Phi) is 6.06. The number of thiophene rings is 1. The van der Waals surface area contributed by atoms with Crippen LogP contribution >= 0.6 is 11.3 Å². The second kappa shape index (κ2) is 7.58. The molecule has 0 aliphatic heterocycles. The van der Waals surface area contributed by atoms with Gasteiger partial charge in [0.15, 0.2) is 0 Å². The van der Waals surface area contributed by atoms with Crippen molar-refractivity contribution in [3.8, 4) is 0 Å². The van der Waals surface area contributed by atoms with E-state index in [0.717, 1.165) is 0 Å². The second-order valence-electron chi connectivity index (χ2n) is 6.64. The van der Waals surface area contributed by atoms with Gasteiger partial charge in [-0.25, -0.2) is 0 Å². The van der Waals surface area contributed by atoms with Crippen molar-refractivity contribution in [3.05, 3.63) is 22.4 Å². The maximum absolute atomic E-state index is 3.44. The Hall–Kier alpha value is -0.380. The van der Waals surface area contributed by atoms with Crippen LogP contribution in [0.2, 0.25) is 0 Å². The molecule has 1 aliphatic rings. The molecular formula is C17H30N2S. The minimum atomic E-state index is 0.505. The van der Waals surface area contributed by atoms with Crippen molar-refractivity contribution in [2.75, 3.05) is 27.2 Å². The zero-order chi connectivity index (χ0) is 14.4. The molecular weight excluding hydrogens is 264 g/mol. The molecule has 2 rings (SSSR count). The molecule has 0 bridgehead atoms. The Morgan fingerprint density at radius 2 is 2.10 bits per heavy atom. The van der Waals surface area contributed by atoms with Crippen LogP contribution in [-0.2, 0) is 6.42 Å². The highest BCUT2D eigenvalue weighted by Crippen LogP contribution is 2.36. The summed E-state index contributed by atoms with van der Waals surface area (Å²) in [5, 5.41) is 5.63. The van der Waals surface area contributed by atoms with Crippen molar-refractivity contribution in [3.63, 3.8) is 0 Å². The van der Waals surface area contributed by atoms with E-state index >= 15 is 0 Å². The van der Waals surface area contributed by atoms with E-state index in [-0.39, 0.29) is 0 Å². The van der Waals surface area contributed by atoms with E-state index in [1.807, 2.05) is 11.3 Å². The fourth-order valence-electron chi connectivity index (χ4n) is 3.63. The third-order valence-electron chi connectivity index (χ3n) is 4.88. The van der Waals surface area contributed by atoms with E-state index < -0.39 is 0 Å². The molecule has 1 aliphatic carbocycles. The van der Waals surface area contributed by atoms with Gasteiger partial charge in [0.05, 0.1) is 0 Å². The smallest absolute Gasteiger partial charge is 0.0112 e. The average molecular weight is 295 g/mol. The summed E-state index contributed by atoms with van der Waals surface area (Å²) in [6.45, 7) is 4.78. The van der Waals surface area contributed by atoms with Gasteiger partial charge in [-0.3, -0.25) is 0 Å². The Balaban J connectivity index is 1.91. The van der Waals surface area contributed by atoms with Gasteiger partial charge < -0.3 is 10.2 Å². The Labute approximate surface area is 128 Å². The Morgan fingerprint density at radius 1 is 1.35 bits per heavy atom. The molecule has 2 nitrogen and oxygen atoms in total. The predicted octanol–water partition coefficient (Wildman–Crippen LogP) is 3.78. The third-order valence-corrected chi connectivity index (χ3v) is 5.78. The van der Waals surface area contributed by atoms with Gasteiger partial charge in [0, 0.05) is 24.0 Å². The molecule has 3 heteroatoms. The number of rotatable bonds is 7. The van der Waals surface area contributed by atoms with Crippen molar-refractivity contribution in [2.24, 2.45) is 5.41 Å². The minimum absolute atomic E-state index is 0.505. The lowest BCUT2D eigenvalue weighted by Gasteiger charge is -2.42. The minimum Gasteiger partial charge on any atom is -0.319 e. The highest BCUT2D eigenvalue weighted by molar-refractivity contribution is 7.09. The van der Waals surface area contributed by atoms with Crippen LogP contribution < -0.4 is 5.32 Å². The molecule has 1 N–H and O–H groups in total. The van der Waals surface area contributed by atoms with E-state index in [1.165, 1.54) is 56.5 Å². The first kappa shape index (κ1) is 16.0. The normalized spacial score (nSPS) is 20.2. The number of nitrogens with one attached hydrogen (secondary N) is 1. The molecule has 1 saturated carbocycles. The van der Waals surface area contributed by atoms with Gasteiger partial charge in [0.1, 0.15) is 0 Å². The van der Waals surface area contributed by atoms with Crippen LogP contribution in [0.4, 0.5) is 0 Å². The highest BCUT2D eigenvalue weighted by atomic mass is 32.1. The first-order valence-electron chi connectivity index (χ1n) is 8.02. The molecule has 1 heterocycles. The van der Waals surface area contributed by atoms with Gasteiger partial charge in [-0.2, -0.15) is 0 Å².